The van der Waals surface area contributed by atoms with E-state index in [0.717, 1.165) is 12.0 Å². The number of aryl methyl sites for hydroxylation is 1. The molecule has 2 aliphatic rings. The number of carbonyl (C=O) groups excluding carboxylic acids is 2. The van der Waals surface area contributed by atoms with Crippen LogP contribution in [-0.2, 0) is 16.0 Å². The fraction of sp³-hybridized carbons (Fsp3) is 0.556. The molecule has 0 saturated carbocycles. The minimum absolute atomic E-state index is 0.0387. The van der Waals surface area contributed by atoms with E-state index >= 15 is 0 Å². The number of amides is 3. The summed E-state index contributed by atoms with van der Waals surface area (Å²) >= 11 is 0. The van der Waals surface area contributed by atoms with E-state index in [1.165, 1.54) is 6.07 Å². The quantitative estimate of drug-likeness (QED) is 0.878. The minimum Gasteiger partial charge on any atom is -0.376 e. The summed E-state index contributed by atoms with van der Waals surface area (Å²) in [4.78, 5) is 25.4. The van der Waals surface area contributed by atoms with Gasteiger partial charge in [-0.05, 0) is 36.5 Å². The van der Waals surface area contributed by atoms with Crippen molar-refractivity contribution in [3.8, 4) is 0 Å². The summed E-state index contributed by atoms with van der Waals surface area (Å²) in [6, 6.07) is 2.54. The third-order valence-corrected chi connectivity index (χ3v) is 4.43. The molecule has 0 unspecified atom stereocenters. The van der Waals surface area contributed by atoms with Crippen molar-refractivity contribution in [2.45, 2.75) is 39.2 Å². The second-order valence-electron chi connectivity index (χ2n) is 7.05. The molecule has 1 fully saturated rings. The number of nitrogens with zero attached hydrogens (tertiary/aromatic N) is 1. The molecular weight excluding hydrogens is 325 g/mol. The summed E-state index contributed by atoms with van der Waals surface area (Å²) in [5.41, 5.74) is 1.46. The predicted molar refractivity (Wildman–Crippen MR) is 93.1 cm³/mol. The van der Waals surface area contributed by atoms with Crippen LogP contribution in [-0.4, -0.2) is 42.6 Å². The van der Waals surface area contributed by atoms with Gasteiger partial charge >= 0.3 is 6.03 Å². The number of hydrogen-bond acceptors (Lipinski definition) is 3. The van der Waals surface area contributed by atoms with Crippen LogP contribution in [0.4, 0.5) is 20.6 Å². The fourth-order valence-electron chi connectivity index (χ4n) is 3.07. The third-order valence-electron chi connectivity index (χ3n) is 4.43. The molecule has 1 aromatic carbocycles. The van der Waals surface area contributed by atoms with Crippen molar-refractivity contribution in [2.75, 3.05) is 30.3 Å². The van der Waals surface area contributed by atoms with Gasteiger partial charge in [-0.15, -0.1) is 0 Å². The molecule has 2 aliphatic heterocycles. The van der Waals surface area contributed by atoms with Crippen molar-refractivity contribution in [2.24, 2.45) is 5.92 Å². The molecule has 0 spiro atoms. The summed E-state index contributed by atoms with van der Waals surface area (Å²) in [6.45, 7) is 5.95. The van der Waals surface area contributed by atoms with Gasteiger partial charge in [0, 0.05) is 31.8 Å². The molecule has 1 saturated heterocycles. The summed E-state index contributed by atoms with van der Waals surface area (Å²) in [7, 11) is 0. The second-order valence-corrected chi connectivity index (χ2v) is 7.05. The lowest BCUT2D eigenvalue weighted by Crippen LogP contribution is -2.34. The fourth-order valence-corrected chi connectivity index (χ4v) is 3.07. The number of hydrogen-bond donors (Lipinski definition) is 2. The lowest BCUT2D eigenvalue weighted by molar-refractivity contribution is -0.116. The Kier molecular flexibility index (Phi) is 5.22. The second kappa shape index (κ2) is 7.39. The molecule has 7 heteroatoms. The van der Waals surface area contributed by atoms with Crippen LogP contribution < -0.4 is 10.6 Å². The Morgan fingerprint density at radius 1 is 1.44 bits per heavy atom. The molecule has 25 heavy (non-hydrogen) atoms. The Labute approximate surface area is 146 Å². The van der Waals surface area contributed by atoms with Crippen LogP contribution >= 0.6 is 0 Å². The largest absolute Gasteiger partial charge is 0.376 e. The molecule has 0 aromatic heterocycles. The molecule has 1 atom stereocenters. The minimum atomic E-state index is -0.555. The van der Waals surface area contributed by atoms with E-state index in [-0.39, 0.29) is 23.7 Å². The zero-order chi connectivity index (χ0) is 18.0. The van der Waals surface area contributed by atoms with Gasteiger partial charge in [0.1, 0.15) is 5.82 Å². The molecule has 136 valence electrons. The van der Waals surface area contributed by atoms with Gasteiger partial charge in [0.15, 0.2) is 0 Å². The maximum Gasteiger partial charge on any atom is 0.322 e. The zero-order valence-electron chi connectivity index (χ0n) is 14.6. The number of ether oxygens (including phenoxy) is 1. The van der Waals surface area contributed by atoms with Crippen LogP contribution in [0.5, 0.6) is 0 Å². The smallest absolute Gasteiger partial charge is 0.322 e. The van der Waals surface area contributed by atoms with E-state index in [4.69, 9.17) is 4.74 Å². The first-order valence-electron chi connectivity index (χ1n) is 8.72. The Morgan fingerprint density at radius 2 is 2.24 bits per heavy atom. The van der Waals surface area contributed by atoms with E-state index in [1.54, 1.807) is 11.0 Å². The van der Waals surface area contributed by atoms with Crippen molar-refractivity contribution in [3.63, 3.8) is 0 Å². The maximum atomic E-state index is 14.2. The van der Waals surface area contributed by atoms with Crippen molar-refractivity contribution in [1.29, 1.82) is 0 Å². The topological polar surface area (TPSA) is 70.7 Å². The number of fused-ring (bicyclic) bond motifs is 1. The Balaban J connectivity index is 1.61. The highest BCUT2D eigenvalue weighted by Gasteiger charge is 2.28. The number of nitrogens with one attached hydrogen (secondary N) is 2. The highest BCUT2D eigenvalue weighted by molar-refractivity contribution is 5.95. The van der Waals surface area contributed by atoms with E-state index in [1.807, 2.05) is 0 Å². The monoisotopic (exact) mass is 349 g/mol. The van der Waals surface area contributed by atoms with E-state index < -0.39 is 5.82 Å². The van der Waals surface area contributed by atoms with Crippen LogP contribution in [0.2, 0.25) is 0 Å². The van der Waals surface area contributed by atoms with Gasteiger partial charge in [-0.2, -0.15) is 0 Å². The standard InChI is InChI=1S/C18H24FN3O3/c1-11(2)10-25-13-5-6-22(9-13)18(24)21-16-7-12-3-4-17(23)20-15(12)8-14(16)19/h7-8,11,13H,3-6,9-10H2,1-2H3,(H,20,23)(H,21,24)/t13-/m1/s1. The molecule has 0 bridgehead atoms. The van der Waals surface area contributed by atoms with Crippen LogP contribution in [0, 0.1) is 11.7 Å². The van der Waals surface area contributed by atoms with Gasteiger partial charge in [-0.1, -0.05) is 13.8 Å². The average Bonchev–Trinajstić information content (AvgIpc) is 3.03. The first-order valence-corrected chi connectivity index (χ1v) is 8.72. The number of urea groups is 1. The van der Waals surface area contributed by atoms with Gasteiger partial charge in [-0.25, -0.2) is 9.18 Å². The highest BCUT2D eigenvalue weighted by atomic mass is 19.1. The van der Waals surface area contributed by atoms with E-state index in [9.17, 15) is 14.0 Å². The SMILES string of the molecule is CC(C)CO[C@@H]1CCN(C(=O)Nc2cc3c(cc2F)NC(=O)CC3)C1. The van der Waals surface area contributed by atoms with Crippen LogP contribution in [0.3, 0.4) is 0 Å². The number of rotatable bonds is 4. The van der Waals surface area contributed by atoms with Gasteiger partial charge < -0.3 is 20.3 Å². The van der Waals surface area contributed by atoms with Crippen molar-refractivity contribution in [3.05, 3.63) is 23.5 Å². The number of halogens is 1. The van der Waals surface area contributed by atoms with Gasteiger partial charge in [-0.3, -0.25) is 4.79 Å². The molecule has 3 amide bonds. The molecule has 6 nitrogen and oxygen atoms in total. The average molecular weight is 349 g/mol. The highest BCUT2D eigenvalue weighted by Crippen LogP contribution is 2.29. The summed E-state index contributed by atoms with van der Waals surface area (Å²) in [6.07, 6.45) is 1.74. The van der Waals surface area contributed by atoms with Crippen molar-refractivity contribution in [1.82, 2.24) is 4.90 Å². The van der Waals surface area contributed by atoms with Crippen LogP contribution in [0.25, 0.3) is 0 Å². The van der Waals surface area contributed by atoms with Gasteiger partial charge in [0.2, 0.25) is 5.91 Å². The van der Waals surface area contributed by atoms with Crippen molar-refractivity contribution < 1.29 is 18.7 Å². The number of benzene rings is 1. The molecule has 3 rings (SSSR count). The Bertz CT molecular complexity index is 678. The maximum absolute atomic E-state index is 14.2. The molecule has 2 N–H and O–H groups in total. The molecular formula is C18H24FN3O3. The number of anilines is 2. The first kappa shape index (κ1) is 17.7. The van der Waals surface area contributed by atoms with Gasteiger partial charge in [0.05, 0.1) is 11.8 Å². The first-order chi connectivity index (χ1) is 11.9. The molecule has 0 aliphatic carbocycles. The van der Waals surface area contributed by atoms with Gasteiger partial charge in [0.25, 0.3) is 0 Å². The predicted octanol–water partition coefficient (Wildman–Crippen LogP) is 2.99. The molecule has 1 aromatic rings. The van der Waals surface area contributed by atoms with E-state index in [0.29, 0.717) is 44.1 Å². The van der Waals surface area contributed by atoms with Crippen molar-refractivity contribution >= 4 is 23.3 Å². The summed E-state index contributed by atoms with van der Waals surface area (Å²) < 4.78 is 20.0. The van der Waals surface area contributed by atoms with Crippen LogP contribution in [0.15, 0.2) is 12.1 Å². The molecule has 2 heterocycles. The molecule has 0 radical (unpaired) electrons. The van der Waals surface area contributed by atoms with Crippen LogP contribution in [0.1, 0.15) is 32.3 Å². The summed E-state index contributed by atoms with van der Waals surface area (Å²) in [5, 5.41) is 5.29. The van der Waals surface area contributed by atoms with E-state index in [2.05, 4.69) is 24.5 Å². The number of carbonyl (C=O) groups is 2. The zero-order valence-corrected chi connectivity index (χ0v) is 14.6. The third kappa shape index (κ3) is 4.28. The normalized spacial score (nSPS) is 19.8. The Hall–Kier alpha value is -2.15. The lowest BCUT2D eigenvalue weighted by Gasteiger charge is -2.21. The lowest BCUT2D eigenvalue weighted by atomic mass is 10.0. The number of likely N-dealkylation sites (tertiary alicyclic amines) is 1. The summed E-state index contributed by atoms with van der Waals surface area (Å²) in [5.74, 6) is -0.220. The Morgan fingerprint density at radius 3 is 3.00 bits per heavy atom.